The second kappa shape index (κ2) is 3.85. The van der Waals surface area contributed by atoms with Gasteiger partial charge in [0, 0.05) is 0 Å². The first kappa shape index (κ1) is 10.8. The summed E-state index contributed by atoms with van der Waals surface area (Å²) in [6.07, 6.45) is 2.80. The predicted octanol–water partition coefficient (Wildman–Crippen LogP) is 2.57. The summed E-state index contributed by atoms with van der Waals surface area (Å²) in [5, 5.41) is 9.54. The van der Waals surface area contributed by atoms with Gasteiger partial charge in [0.25, 0.3) is 0 Å². The Morgan fingerprint density at radius 1 is 1.44 bits per heavy atom. The molecule has 0 radical (unpaired) electrons. The summed E-state index contributed by atoms with van der Waals surface area (Å²) in [5.41, 5.74) is 0.697. The molecule has 0 fully saturated rings. The first-order valence-corrected chi connectivity index (χ1v) is 5.35. The van der Waals surface area contributed by atoms with E-state index in [1.54, 1.807) is 12.1 Å². The molecule has 2 N–H and O–H groups in total. The highest BCUT2D eigenvalue weighted by molar-refractivity contribution is 6.35. The minimum absolute atomic E-state index is 0.0193. The molecule has 3 rings (SSSR count). The molecular formula is C11H6ClN3O3. The first-order chi connectivity index (χ1) is 8.68. The number of hydrogen-bond donors (Lipinski definition) is 2. The van der Waals surface area contributed by atoms with Gasteiger partial charge in [-0.05, 0) is 12.1 Å². The van der Waals surface area contributed by atoms with Crippen molar-refractivity contribution in [3.8, 4) is 11.5 Å². The maximum Gasteiger partial charge on any atom is 0.339 e. The molecule has 0 aliphatic carbocycles. The van der Waals surface area contributed by atoms with Crippen molar-refractivity contribution in [3.63, 3.8) is 0 Å². The summed E-state index contributed by atoms with van der Waals surface area (Å²) in [5.74, 6) is -0.686. The molecule has 3 aromatic rings. The van der Waals surface area contributed by atoms with Gasteiger partial charge in [0.1, 0.15) is 28.4 Å². The summed E-state index contributed by atoms with van der Waals surface area (Å²) in [7, 11) is 0. The van der Waals surface area contributed by atoms with Crippen molar-refractivity contribution in [3.05, 3.63) is 35.4 Å². The van der Waals surface area contributed by atoms with Crippen LogP contribution in [0.2, 0.25) is 5.15 Å². The highest BCUT2D eigenvalue weighted by atomic mass is 35.5. The Kier molecular flexibility index (Phi) is 2.31. The number of fused-ring (bicyclic) bond motifs is 1. The van der Waals surface area contributed by atoms with Crippen LogP contribution in [-0.4, -0.2) is 26.0 Å². The fourth-order valence-corrected chi connectivity index (χ4v) is 2.06. The summed E-state index contributed by atoms with van der Waals surface area (Å²) < 4.78 is 5.23. The van der Waals surface area contributed by atoms with E-state index < -0.39 is 5.97 Å². The Bertz CT molecular complexity index is 733. The van der Waals surface area contributed by atoms with Crippen LogP contribution in [0.4, 0.5) is 0 Å². The van der Waals surface area contributed by atoms with Gasteiger partial charge in [-0.3, -0.25) is 0 Å². The Morgan fingerprint density at radius 2 is 2.28 bits per heavy atom. The molecule has 3 aromatic heterocycles. The summed E-state index contributed by atoms with van der Waals surface area (Å²) >= 11 is 5.86. The van der Waals surface area contributed by atoms with Gasteiger partial charge in [0.05, 0.1) is 11.6 Å². The lowest BCUT2D eigenvalue weighted by molar-refractivity contribution is 0.0699. The number of carboxylic acids is 1. The Labute approximate surface area is 105 Å². The Morgan fingerprint density at radius 3 is 2.94 bits per heavy atom. The lowest BCUT2D eigenvalue weighted by atomic mass is 10.1. The largest absolute Gasteiger partial charge is 0.478 e. The summed E-state index contributed by atoms with van der Waals surface area (Å²) in [6, 6.07) is 3.38. The Balaban J connectivity index is 2.43. The predicted molar refractivity (Wildman–Crippen MR) is 63.6 cm³/mol. The third-order valence-electron chi connectivity index (χ3n) is 2.51. The smallest absolute Gasteiger partial charge is 0.339 e. The fourth-order valence-electron chi connectivity index (χ4n) is 1.79. The van der Waals surface area contributed by atoms with Crippen LogP contribution in [0, 0.1) is 0 Å². The maximum absolute atomic E-state index is 11.2. The first-order valence-electron chi connectivity index (χ1n) is 4.98. The van der Waals surface area contributed by atoms with E-state index in [1.165, 1.54) is 12.6 Å². The third-order valence-corrected chi connectivity index (χ3v) is 2.80. The number of furan rings is 1. The molecule has 18 heavy (non-hydrogen) atoms. The SMILES string of the molecule is O=C(O)c1c(Cl)[nH]c2ncnc(-c3ccco3)c12. The molecule has 0 bridgehead atoms. The van der Waals surface area contributed by atoms with Crippen molar-refractivity contribution in [2.24, 2.45) is 0 Å². The molecule has 90 valence electrons. The van der Waals surface area contributed by atoms with Gasteiger partial charge in [-0.1, -0.05) is 11.6 Å². The second-order valence-electron chi connectivity index (χ2n) is 3.54. The average molecular weight is 264 g/mol. The van der Waals surface area contributed by atoms with Gasteiger partial charge in [0.15, 0.2) is 5.76 Å². The lowest BCUT2D eigenvalue weighted by Gasteiger charge is -1.99. The van der Waals surface area contributed by atoms with Crippen LogP contribution in [-0.2, 0) is 0 Å². The monoisotopic (exact) mass is 263 g/mol. The molecule has 3 heterocycles. The van der Waals surface area contributed by atoms with E-state index in [4.69, 9.17) is 16.0 Å². The van der Waals surface area contributed by atoms with Gasteiger partial charge >= 0.3 is 5.97 Å². The molecule has 0 unspecified atom stereocenters. The number of aromatic carboxylic acids is 1. The van der Waals surface area contributed by atoms with E-state index >= 15 is 0 Å². The number of rotatable bonds is 2. The molecule has 0 saturated heterocycles. The number of aromatic amines is 1. The fraction of sp³-hybridized carbons (Fsp3) is 0. The van der Waals surface area contributed by atoms with Crippen molar-refractivity contribution in [1.29, 1.82) is 0 Å². The number of carbonyl (C=O) groups is 1. The molecule has 0 atom stereocenters. The van der Waals surface area contributed by atoms with Crippen LogP contribution >= 0.6 is 11.6 Å². The van der Waals surface area contributed by atoms with Gasteiger partial charge < -0.3 is 14.5 Å². The summed E-state index contributed by atoms with van der Waals surface area (Å²) in [6.45, 7) is 0. The third kappa shape index (κ3) is 1.46. The number of aromatic nitrogens is 3. The number of hydrogen-bond acceptors (Lipinski definition) is 4. The molecule has 0 amide bonds. The molecule has 0 spiro atoms. The molecule has 7 heteroatoms. The molecule has 0 aliphatic heterocycles. The highest BCUT2D eigenvalue weighted by Gasteiger charge is 2.22. The van der Waals surface area contributed by atoms with Crippen molar-refractivity contribution >= 4 is 28.6 Å². The van der Waals surface area contributed by atoms with Crippen LogP contribution in [0.1, 0.15) is 10.4 Å². The zero-order valence-corrected chi connectivity index (χ0v) is 9.60. The van der Waals surface area contributed by atoms with Crippen molar-refractivity contribution in [2.45, 2.75) is 0 Å². The minimum atomic E-state index is -1.14. The van der Waals surface area contributed by atoms with E-state index in [9.17, 15) is 9.90 Å². The number of carboxylic acid groups (broad SMARTS) is 1. The van der Waals surface area contributed by atoms with Crippen LogP contribution in [0.25, 0.3) is 22.5 Å². The minimum Gasteiger partial charge on any atom is -0.478 e. The number of nitrogens with one attached hydrogen (secondary N) is 1. The molecule has 0 aliphatic rings. The van der Waals surface area contributed by atoms with E-state index in [0.29, 0.717) is 22.5 Å². The lowest BCUT2D eigenvalue weighted by Crippen LogP contribution is -1.97. The van der Waals surface area contributed by atoms with E-state index in [0.717, 1.165) is 0 Å². The summed E-state index contributed by atoms with van der Waals surface area (Å²) in [4.78, 5) is 21.9. The van der Waals surface area contributed by atoms with Crippen molar-refractivity contribution in [1.82, 2.24) is 15.0 Å². The van der Waals surface area contributed by atoms with E-state index in [-0.39, 0.29) is 10.7 Å². The number of nitrogens with zero attached hydrogens (tertiary/aromatic N) is 2. The van der Waals surface area contributed by atoms with Gasteiger partial charge in [-0.15, -0.1) is 0 Å². The standard InChI is InChI=1S/C11H6ClN3O3/c12-9-7(11(16)17)6-8(5-2-1-3-18-5)13-4-14-10(6)15-9/h1-4H,(H,16,17)(H,13,14,15). The normalized spacial score (nSPS) is 10.9. The van der Waals surface area contributed by atoms with E-state index in [1.807, 2.05) is 0 Å². The second-order valence-corrected chi connectivity index (χ2v) is 3.92. The van der Waals surface area contributed by atoms with Crippen LogP contribution in [0.3, 0.4) is 0 Å². The average Bonchev–Trinajstić information content (AvgIpc) is 2.93. The van der Waals surface area contributed by atoms with Crippen molar-refractivity contribution in [2.75, 3.05) is 0 Å². The van der Waals surface area contributed by atoms with Crippen LogP contribution in [0.5, 0.6) is 0 Å². The highest BCUT2D eigenvalue weighted by Crippen LogP contribution is 2.32. The Hall–Kier alpha value is -2.34. The molecule has 0 aromatic carbocycles. The quantitative estimate of drug-likeness (QED) is 0.741. The van der Waals surface area contributed by atoms with Crippen LogP contribution in [0.15, 0.2) is 29.1 Å². The van der Waals surface area contributed by atoms with Gasteiger partial charge in [-0.2, -0.15) is 0 Å². The van der Waals surface area contributed by atoms with E-state index in [2.05, 4.69) is 15.0 Å². The van der Waals surface area contributed by atoms with Crippen LogP contribution < -0.4 is 0 Å². The zero-order chi connectivity index (χ0) is 12.7. The topological polar surface area (TPSA) is 92.0 Å². The van der Waals surface area contributed by atoms with Gasteiger partial charge in [-0.25, -0.2) is 14.8 Å². The van der Waals surface area contributed by atoms with Crippen molar-refractivity contribution < 1.29 is 14.3 Å². The maximum atomic E-state index is 11.2. The number of halogens is 1. The molecular weight excluding hydrogens is 258 g/mol. The van der Waals surface area contributed by atoms with Gasteiger partial charge in [0.2, 0.25) is 0 Å². The molecule has 0 saturated carbocycles. The number of H-pyrrole nitrogens is 1. The zero-order valence-electron chi connectivity index (χ0n) is 8.85. The molecule has 6 nitrogen and oxygen atoms in total.